The number of quaternary nitrogens is 1. The predicted octanol–water partition coefficient (Wildman–Crippen LogP) is 6.06. The fourth-order valence-electron chi connectivity index (χ4n) is 5.62. The molecule has 5 nitrogen and oxygen atoms in total. The minimum Gasteiger partial charge on any atom is -0.488 e. The van der Waals surface area contributed by atoms with E-state index in [1.165, 1.54) is 12.1 Å². The number of carbonyl (C=O) groups is 1. The number of aryl methyl sites for hydroxylation is 1. The summed E-state index contributed by atoms with van der Waals surface area (Å²) in [6.45, 7) is 6.40. The lowest BCUT2D eigenvalue weighted by molar-refractivity contribution is -0.946. The quantitative estimate of drug-likeness (QED) is 0.284. The number of benzene rings is 3. The molecule has 3 aliphatic rings. The first-order valence-electron chi connectivity index (χ1n) is 12.7. The summed E-state index contributed by atoms with van der Waals surface area (Å²) in [7, 11) is 0. The lowest BCUT2D eigenvalue weighted by atomic mass is 9.83. The van der Waals surface area contributed by atoms with Gasteiger partial charge in [0.15, 0.2) is 12.2 Å². The lowest BCUT2D eigenvalue weighted by Gasteiger charge is -2.51. The molecule has 0 amide bonds. The van der Waals surface area contributed by atoms with Gasteiger partial charge in [0, 0.05) is 24.3 Å². The average molecular weight is 491 g/mol. The molecule has 3 heterocycles. The second kappa shape index (κ2) is 10.7. The van der Waals surface area contributed by atoms with Crippen molar-refractivity contribution in [3.8, 4) is 5.75 Å². The molecule has 3 fully saturated rings. The first-order chi connectivity index (χ1) is 17.5. The monoisotopic (exact) mass is 490 g/mol. The number of ether oxygens (including phenoxy) is 3. The molecule has 1 unspecified atom stereocenters. The number of para-hydroxylation sites is 1. The van der Waals surface area contributed by atoms with Crippen LogP contribution < -0.4 is 4.74 Å². The molecule has 3 aromatic rings. The van der Waals surface area contributed by atoms with E-state index in [9.17, 15) is 9.18 Å². The Balaban J connectivity index is 1.24. The fourth-order valence-corrected chi connectivity index (χ4v) is 5.62. The van der Waals surface area contributed by atoms with Crippen LogP contribution in [0.15, 0.2) is 78.9 Å². The molecule has 0 N–H and O–H groups in total. The van der Waals surface area contributed by atoms with E-state index in [2.05, 4.69) is 0 Å². The zero-order valence-corrected chi connectivity index (χ0v) is 20.6. The van der Waals surface area contributed by atoms with Gasteiger partial charge in [0.1, 0.15) is 31.3 Å². The van der Waals surface area contributed by atoms with E-state index in [1.54, 1.807) is 12.1 Å². The zero-order chi connectivity index (χ0) is 25.0. The molecule has 6 rings (SSSR count). The molecule has 3 aromatic carbocycles. The molecular weight excluding hydrogens is 457 g/mol. The Morgan fingerprint density at radius 1 is 0.972 bits per heavy atom. The molecule has 2 bridgehead atoms. The molecule has 36 heavy (non-hydrogen) atoms. The number of nitrogens with zero attached hydrogens (tertiary/aromatic N) is 1. The summed E-state index contributed by atoms with van der Waals surface area (Å²) in [5, 5.41) is 0. The molecule has 0 aromatic heterocycles. The van der Waals surface area contributed by atoms with E-state index in [1.807, 2.05) is 61.5 Å². The summed E-state index contributed by atoms with van der Waals surface area (Å²) < 4.78 is 32.7. The van der Waals surface area contributed by atoms with Crippen LogP contribution in [-0.4, -0.2) is 49.5 Å². The Hall–Kier alpha value is -3.38. The third-order valence-corrected chi connectivity index (χ3v) is 7.58. The van der Waals surface area contributed by atoms with Crippen LogP contribution in [0.25, 0.3) is 0 Å². The average Bonchev–Trinajstić information content (AvgIpc) is 2.88. The molecule has 2 atom stereocenters. The van der Waals surface area contributed by atoms with Crippen LogP contribution in [0.2, 0.25) is 0 Å². The van der Waals surface area contributed by atoms with Crippen molar-refractivity contribution in [2.24, 2.45) is 5.92 Å². The highest BCUT2D eigenvalue weighted by molar-refractivity contribution is 5.61. The van der Waals surface area contributed by atoms with Crippen molar-refractivity contribution in [3.63, 3.8) is 0 Å². The van der Waals surface area contributed by atoms with Crippen LogP contribution >= 0.6 is 0 Å². The van der Waals surface area contributed by atoms with Crippen molar-refractivity contribution in [1.29, 1.82) is 0 Å². The topological polar surface area (TPSA) is 44.8 Å². The van der Waals surface area contributed by atoms with E-state index in [4.69, 9.17) is 14.2 Å². The van der Waals surface area contributed by atoms with E-state index < -0.39 is 12.3 Å². The molecule has 3 saturated heterocycles. The number of rotatable bonds is 8. The number of halogens is 1. The SMILES string of the molecule is Cc1cccc(C(OC(=O)O[C@H]2C[N+]3(CCOc4ccccc4)CCC2CC3)c2cccc(F)c2)c1. The van der Waals surface area contributed by atoms with Crippen molar-refractivity contribution in [2.75, 3.05) is 32.8 Å². The zero-order valence-electron chi connectivity index (χ0n) is 20.6. The third kappa shape index (κ3) is 5.71. The van der Waals surface area contributed by atoms with Crippen molar-refractivity contribution in [1.82, 2.24) is 0 Å². The van der Waals surface area contributed by atoms with Crippen molar-refractivity contribution >= 4 is 6.16 Å². The number of hydrogen-bond acceptors (Lipinski definition) is 4. The third-order valence-electron chi connectivity index (χ3n) is 7.58. The van der Waals surface area contributed by atoms with Crippen LogP contribution in [0.5, 0.6) is 5.75 Å². The Morgan fingerprint density at radius 2 is 1.69 bits per heavy atom. The Kier molecular flexibility index (Phi) is 7.23. The van der Waals surface area contributed by atoms with Crippen LogP contribution in [0.1, 0.15) is 35.6 Å². The van der Waals surface area contributed by atoms with Gasteiger partial charge in [0.05, 0.1) is 13.1 Å². The molecule has 188 valence electrons. The Labute approximate surface area is 212 Å². The maximum absolute atomic E-state index is 14.0. The smallest absolute Gasteiger partial charge is 0.488 e. The lowest BCUT2D eigenvalue weighted by Crippen LogP contribution is -2.65. The van der Waals surface area contributed by atoms with Crippen LogP contribution in [-0.2, 0) is 9.47 Å². The Morgan fingerprint density at radius 3 is 2.42 bits per heavy atom. The van der Waals surface area contributed by atoms with Gasteiger partial charge < -0.3 is 18.7 Å². The van der Waals surface area contributed by atoms with Gasteiger partial charge in [0.25, 0.3) is 0 Å². The highest BCUT2D eigenvalue weighted by Crippen LogP contribution is 2.36. The van der Waals surface area contributed by atoms with Gasteiger partial charge in [-0.2, -0.15) is 0 Å². The van der Waals surface area contributed by atoms with E-state index in [0.29, 0.717) is 18.1 Å². The second-order valence-electron chi connectivity index (χ2n) is 10.1. The number of fused-ring (bicyclic) bond motifs is 3. The largest absolute Gasteiger partial charge is 0.509 e. The molecule has 0 aliphatic carbocycles. The predicted molar refractivity (Wildman–Crippen MR) is 135 cm³/mol. The van der Waals surface area contributed by atoms with Crippen LogP contribution in [0.3, 0.4) is 0 Å². The van der Waals surface area contributed by atoms with Gasteiger partial charge in [-0.05, 0) is 36.8 Å². The maximum Gasteiger partial charge on any atom is 0.509 e. The van der Waals surface area contributed by atoms with Crippen LogP contribution in [0.4, 0.5) is 9.18 Å². The molecule has 0 spiro atoms. The van der Waals surface area contributed by atoms with Gasteiger partial charge in [-0.3, -0.25) is 0 Å². The number of hydrogen-bond donors (Lipinski definition) is 0. The summed E-state index contributed by atoms with van der Waals surface area (Å²) in [5.41, 5.74) is 2.40. The number of piperidine rings is 3. The molecule has 3 aliphatic heterocycles. The van der Waals surface area contributed by atoms with Gasteiger partial charge in [0.2, 0.25) is 0 Å². The van der Waals surface area contributed by atoms with Crippen molar-refractivity contribution < 1.29 is 27.9 Å². The Bertz CT molecular complexity index is 1130. The fraction of sp³-hybridized carbons (Fsp3) is 0.367. The van der Waals surface area contributed by atoms with E-state index in [-0.39, 0.29) is 11.9 Å². The van der Waals surface area contributed by atoms with Gasteiger partial charge >= 0.3 is 6.16 Å². The van der Waals surface area contributed by atoms with Crippen LogP contribution in [0, 0.1) is 18.7 Å². The minimum atomic E-state index is -0.739. The first kappa shape index (κ1) is 24.3. The van der Waals surface area contributed by atoms with Gasteiger partial charge in [-0.15, -0.1) is 0 Å². The summed E-state index contributed by atoms with van der Waals surface area (Å²) in [4.78, 5) is 13.0. The first-order valence-corrected chi connectivity index (χ1v) is 12.7. The highest BCUT2D eigenvalue weighted by atomic mass is 19.1. The number of carbonyl (C=O) groups excluding carboxylic acids is 1. The molecule has 0 saturated carbocycles. The summed E-state index contributed by atoms with van der Waals surface area (Å²) in [6.07, 6.45) is 0.408. The molecule has 0 radical (unpaired) electrons. The van der Waals surface area contributed by atoms with Gasteiger partial charge in [-0.1, -0.05) is 60.2 Å². The van der Waals surface area contributed by atoms with Gasteiger partial charge in [-0.25, -0.2) is 9.18 Å². The summed E-state index contributed by atoms with van der Waals surface area (Å²) >= 11 is 0. The molecule has 6 heteroatoms. The second-order valence-corrected chi connectivity index (χ2v) is 10.1. The summed E-state index contributed by atoms with van der Waals surface area (Å²) in [6, 6.07) is 23.7. The summed E-state index contributed by atoms with van der Waals surface area (Å²) in [5.74, 6) is 0.848. The normalized spacial score (nSPS) is 23.6. The molecular formula is C30H33FNO4+. The standard InChI is InChI=1S/C30H33FNO4/c1-22-7-5-8-24(19-22)29(25-9-6-10-26(31)20-25)36-30(33)35-28-21-32(15-13-23(28)14-16-32)17-18-34-27-11-3-2-4-12-27/h2-12,19-20,23,28-29H,13-18,21H2,1H3/q+1/t23?,28-,29?,32?/m0/s1. The highest BCUT2D eigenvalue weighted by Gasteiger charge is 2.47. The van der Waals surface area contributed by atoms with Crippen molar-refractivity contribution in [2.45, 2.75) is 32.0 Å². The minimum absolute atomic E-state index is 0.192. The maximum atomic E-state index is 14.0. The van der Waals surface area contributed by atoms with E-state index >= 15 is 0 Å². The van der Waals surface area contributed by atoms with E-state index in [0.717, 1.165) is 60.4 Å². The van der Waals surface area contributed by atoms with Crippen molar-refractivity contribution in [3.05, 3.63) is 101 Å².